The van der Waals surface area contributed by atoms with E-state index in [2.05, 4.69) is 33.7 Å². The number of hydrogen-bond acceptors (Lipinski definition) is 3. The molecular weight excluding hydrogens is 212 g/mol. The molecule has 17 heavy (non-hydrogen) atoms. The van der Waals surface area contributed by atoms with Gasteiger partial charge in [-0.05, 0) is 26.3 Å². The summed E-state index contributed by atoms with van der Waals surface area (Å²) in [5, 5.41) is 3.29. The fraction of sp³-hybridized carbons (Fsp3) is 0.385. The Bertz CT molecular complexity index is 502. The summed E-state index contributed by atoms with van der Waals surface area (Å²) in [6.45, 7) is 7.17. The van der Waals surface area contributed by atoms with Crippen LogP contribution < -0.4 is 5.32 Å². The maximum atomic E-state index is 4.31. The molecule has 1 N–H and O–H groups in total. The third-order valence-corrected chi connectivity index (χ3v) is 2.83. The normalized spacial score (nSPS) is 10.5. The first-order chi connectivity index (χ1) is 8.22. The van der Waals surface area contributed by atoms with Crippen molar-refractivity contribution >= 4 is 5.82 Å². The van der Waals surface area contributed by atoms with Crippen molar-refractivity contribution in [2.24, 2.45) is 0 Å². The molecule has 90 valence electrons. The first-order valence-electron chi connectivity index (χ1n) is 5.93. The molecule has 4 nitrogen and oxygen atoms in total. The van der Waals surface area contributed by atoms with Crippen LogP contribution in [0.25, 0.3) is 5.69 Å². The van der Waals surface area contributed by atoms with Crippen LogP contribution in [0.2, 0.25) is 0 Å². The largest absolute Gasteiger partial charge is 0.370 e. The van der Waals surface area contributed by atoms with Gasteiger partial charge in [-0.3, -0.25) is 0 Å². The summed E-state index contributed by atoms with van der Waals surface area (Å²) in [7, 11) is 0. The van der Waals surface area contributed by atoms with Crippen molar-refractivity contribution in [3.63, 3.8) is 0 Å². The lowest BCUT2D eigenvalue weighted by Crippen LogP contribution is -2.03. The predicted octanol–water partition coefficient (Wildman–Crippen LogP) is 2.71. The second kappa shape index (κ2) is 4.99. The number of imidazole rings is 1. The van der Waals surface area contributed by atoms with Crippen molar-refractivity contribution in [3.8, 4) is 5.69 Å². The van der Waals surface area contributed by atoms with Crippen LogP contribution in [0.3, 0.4) is 0 Å². The first-order valence-corrected chi connectivity index (χ1v) is 5.93. The summed E-state index contributed by atoms with van der Waals surface area (Å²) in [6, 6.07) is 4.04. The lowest BCUT2D eigenvalue weighted by atomic mass is 10.3. The molecule has 0 bridgehead atoms. The average Bonchev–Trinajstić information content (AvgIpc) is 2.68. The van der Waals surface area contributed by atoms with Gasteiger partial charge in [-0.25, -0.2) is 9.97 Å². The number of nitrogens with zero attached hydrogens (tertiary/aromatic N) is 3. The maximum absolute atomic E-state index is 4.31. The molecule has 2 aromatic rings. The fourth-order valence-electron chi connectivity index (χ4n) is 1.68. The standard InChI is InChI=1S/C13H18N4/c1-4-6-14-13-8-12(5-7-15-13)17-9-16-10(2)11(17)3/h5,7-9H,4,6H2,1-3H3,(H,14,15). The van der Waals surface area contributed by atoms with E-state index in [1.165, 1.54) is 0 Å². The summed E-state index contributed by atoms with van der Waals surface area (Å²) < 4.78 is 2.08. The van der Waals surface area contributed by atoms with E-state index in [-0.39, 0.29) is 0 Å². The van der Waals surface area contributed by atoms with E-state index in [9.17, 15) is 0 Å². The van der Waals surface area contributed by atoms with E-state index in [0.717, 1.165) is 35.9 Å². The van der Waals surface area contributed by atoms with Crippen LogP contribution in [-0.2, 0) is 0 Å². The van der Waals surface area contributed by atoms with Crippen molar-refractivity contribution in [2.45, 2.75) is 27.2 Å². The summed E-state index contributed by atoms with van der Waals surface area (Å²) in [5.74, 6) is 0.912. The zero-order valence-electron chi connectivity index (χ0n) is 10.6. The van der Waals surface area contributed by atoms with Gasteiger partial charge in [0.1, 0.15) is 5.82 Å². The summed E-state index contributed by atoms with van der Waals surface area (Å²) in [6.07, 6.45) is 4.76. The Morgan fingerprint density at radius 3 is 2.76 bits per heavy atom. The van der Waals surface area contributed by atoms with E-state index >= 15 is 0 Å². The van der Waals surface area contributed by atoms with E-state index in [1.807, 2.05) is 31.6 Å². The smallest absolute Gasteiger partial charge is 0.127 e. The number of nitrogens with one attached hydrogen (secondary N) is 1. The van der Waals surface area contributed by atoms with Gasteiger partial charge in [0.2, 0.25) is 0 Å². The van der Waals surface area contributed by atoms with Gasteiger partial charge in [0.25, 0.3) is 0 Å². The minimum atomic E-state index is 0.912. The van der Waals surface area contributed by atoms with Gasteiger partial charge in [0.15, 0.2) is 0 Å². The number of pyridine rings is 1. The van der Waals surface area contributed by atoms with Crippen molar-refractivity contribution in [1.82, 2.24) is 14.5 Å². The van der Waals surface area contributed by atoms with Gasteiger partial charge in [-0.2, -0.15) is 0 Å². The van der Waals surface area contributed by atoms with Crippen molar-refractivity contribution in [2.75, 3.05) is 11.9 Å². The zero-order chi connectivity index (χ0) is 12.3. The highest BCUT2D eigenvalue weighted by molar-refractivity contribution is 5.45. The van der Waals surface area contributed by atoms with E-state index in [1.54, 1.807) is 0 Å². The number of aryl methyl sites for hydroxylation is 1. The summed E-state index contributed by atoms with van der Waals surface area (Å²) in [4.78, 5) is 8.60. The Morgan fingerprint density at radius 1 is 1.29 bits per heavy atom. The Labute approximate surface area is 102 Å². The van der Waals surface area contributed by atoms with Gasteiger partial charge in [0.05, 0.1) is 17.7 Å². The van der Waals surface area contributed by atoms with Crippen molar-refractivity contribution in [1.29, 1.82) is 0 Å². The van der Waals surface area contributed by atoms with Crippen LogP contribution in [-0.4, -0.2) is 21.1 Å². The maximum Gasteiger partial charge on any atom is 0.127 e. The Kier molecular flexibility index (Phi) is 3.42. The monoisotopic (exact) mass is 230 g/mol. The molecule has 2 rings (SSSR count). The highest BCUT2D eigenvalue weighted by Crippen LogP contribution is 2.15. The Hall–Kier alpha value is -1.84. The zero-order valence-corrected chi connectivity index (χ0v) is 10.6. The SMILES string of the molecule is CCCNc1cc(-n2cnc(C)c2C)ccn1. The predicted molar refractivity (Wildman–Crippen MR) is 69.6 cm³/mol. The molecule has 0 saturated heterocycles. The van der Waals surface area contributed by atoms with Gasteiger partial charge >= 0.3 is 0 Å². The molecule has 0 saturated carbocycles. The summed E-state index contributed by atoms with van der Waals surface area (Å²) in [5.41, 5.74) is 3.32. The van der Waals surface area contributed by atoms with E-state index in [0.29, 0.717) is 0 Å². The molecule has 0 spiro atoms. The minimum Gasteiger partial charge on any atom is -0.370 e. The molecule has 2 heterocycles. The molecule has 0 amide bonds. The van der Waals surface area contributed by atoms with E-state index in [4.69, 9.17) is 0 Å². The van der Waals surface area contributed by atoms with Gasteiger partial charge in [0, 0.05) is 24.5 Å². The molecule has 0 fully saturated rings. The molecule has 0 radical (unpaired) electrons. The number of hydrogen-bond donors (Lipinski definition) is 1. The molecule has 0 aromatic carbocycles. The lowest BCUT2D eigenvalue weighted by molar-refractivity contribution is 0.960. The Morgan fingerprint density at radius 2 is 2.12 bits per heavy atom. The molecular formula is C13H18N4. The van der Waals surface area contributed by atoms with E-state index < -0.39 is 0 Å². The quantitative estimate of drug-likeness (QED) is 0.878. The van der Waals surface area contributed by atoms with Crippen LogP contribution in [0.15, 0.2) is 24.7 Å². The molecule has 0 atom stereocenters. The minimum absolute atomic E-state index is 0.912. The third-order valence-electron chi connectivity index (χ3n) is 2.83. The van der Waals surface area contributed by atoms with Crippen molar-refractivity contribution in [3.05, 3.63) is 36.0 Å². The van der Waals surface area contributed by atoms with Gasteiger partial charge in [-0.1, -0.05) is 6.92 Å². The van der Waals surface area contributed by atoms with Crippen LogP contribution in [0.1, 0.15) is 24.7 Å². The highest BCUT2D eigenvalue weighted by atomic mass is 15.1. The van der Waals surface area contributed by atoms with Crippen LogP contribution in [0.4, 0.5) is 5.82 Å². The molecule has 0 aliphatic heterocycles. The van der Waals surface area contributed by atoms with Crippen LogP contribution >= 0.6 is 0 Å². The summed E-state index contributed by atoms with van der Waals surface area (Å²) >= 11 is 0. The number of aromatic nitrogens is 3. The molecule has 4 heteroatoms. The second-order valence-electron chi connectivity index (χ2n) is 4.11. The third kappa shape index (κ3) is 2.46. The highest BCUT2D eigenvalue weighted by Gasteiger charge is 2.05. The first kappa shape index (κ1) is 11.6. The lowest BCUT2D eigenvalue weighted by Gasteiger charge is -2.08. The molecule has 0 aliphatic carbocycles. The van der Waals surface area contributed by atoms with Crippen molar-refractivity contribution < 1.29 is 0 Å². The Balaban J connectivity index is 2.30. The molecule has 2 aromatic heterocycles. The second-order valence-corrected chi connectivity index (χ2v) is 4.11. The van der Waals surface area contributed by atoms with Crippen LogP contribution in [0, 0.1) is 13.8 Å². The van der Waals surface area contributed by atoms with Crippen LogP contribution in [0.5, 0.6) is 0 Å². The fourth-order valence-corrected chi connectivity index (χ4v) is 1.68. The number of rotatable bonds is 4. The van der Waals surface area contributed by atoms with Gasteiger partial charge < -0.3 is 9.88 Å². The average molecular weight is 230 g/mol. The number of anilines is 1. The van der Waals surface area contributed by atoms with Gasteiger partial charge in [-0.15, -0.1) is 0 Å². The molecule has 0 aliphatic rings. The molecule has 0 unspecified atom stereocenters. The topological polar surface area (TPSA) is 42.7 Å².